The van der Waals surface area contributed by atoms with E-state index in [1.54, 1.807) is 30.3 Å². The van der Waals surface area contributed by atoms with Gasteiger partial charge in [0.15, 0.2) is 0 Å². The van der Waals surface area contributed by atoms with Crippen LogP contribution >= 0.6 is 11.6 Å². The van der Waals surface area contributed by atoms with Gasteiger partial charge in [-0.25, -0.2) is 0 Å². The Bertz CT molecular complexity index is 757. The molecular weight excluding hydrogens is 302 g/mol. The highest BCUT2D eigenvalue weighted by atomic mass is 35.5. The van der Waals surface area contributed by atoms with E-state index in [0.717, 1.165) is 5.56 Å². The number of amides is 1. The zero-order valence-corrected chi connectivity index (χ0v) is 12.8. The van der Waals surface area contributed by atoms with Crippen LogP contribution < -0.4 is 9.64 Å². The van der Waals surface area contributed by atoms with E-state index in [-0.39, 0.29) is 0 Å². The van der Waals surface area contributed by atoms with Crippen molar-refractivity contribution in [2.45, 2.75) is 13.5 Å². The van der Waals surface area contributed by atoms with Crippen LogP contribution in [0.15, 0.2) is 42.5 Å². The van der Waals surface area contributed by atoms with Crippen molar-refractivity contribution >= 4 is 29.0 Å². The van der Waals surface area contributed by atoms with Crippen molar-refractivity contribution in [2.75, 3.05) is 11.5 Å². The molecule has 2 aromatic carbocycles. The smallest absolute Gasteiger partial charge is 0.299 e. The Morgan fingerprint density at radius 1 is 1.14 bits per heavy atom. The summed E-state index contributed by atoms with van der Waals surface area (Å²) in [4.78, 5) is 25.8. The molecule has 0 radical (unpaired) electrons. The third kappa shape index (κ3) is 2.57. The van der Waals surface area contributed by atoms with Crippen LogP contribution in [-0.4, -0.2) is 18.3 Å². The lowest BCUT2D eigenvalue weighted by atomic mass is 10.1. The third-order valence-corrected chi connectivity index (χ3v) is 3.72. The molecule has 0 atom stereocenters. The number of ketones is 1. The van der Waals surface area contributed by atoms with Gasteiger partial charge in [-0.1, -0.05) is 23.7 Å². The molecule has 1 aliphatic rings. The number of carbonyl (C=O) groups excluding carboxylic acids is 2. The van der Waals surface area contributed by atoms with E-state index in [9.17, 15) is 9.59 Å². The van der Waals surface area contributed by atoms with Crippen molar-refractivity contribution < 1.29 is 14.3 Å². The van der Waals surface area contributed by atoms with Gasteiger partial charge in [-0.3, -0.25) is 9.59 Å². The topological polar surface area (TPSA) is 46.6 Å². The van der Waals surface area contributed by atoms with Gasteiger partial charge >= 0.3 is 0 Å². The standard InChI is InChI=1S/C17H14ClNO3/c1-2-22-13-6-7-15-14(9-13)16(20)17(21)19(15)10-11-4-3-5-12(18)8-11/h3-9H,2,10H2,1H3. The number of rotatable bonds is 4. The number of benzene rings is 2. The number of halogens is 1. The summed E-state index contributed by atoms with van der Waals surface area (Å²) in [5.41, 5.74) is 1.87. The van der Waals surface area contributed by atoms with E-state index in [2.05, 4.69) is 0 Å². The van der Waals surface area contributed by atoms with Crippen molar-refractivity contribution in [1.29, 1.82) is 0 Å². The number of anilines is 1. The summed E-state index contributed by atoms with van der Waals surface area (Å²) in [6.45, 7) is 2.69. The molecule has 2 aromatic rings. The van der Waals surface area contributed by atoms with Crippen molar-refractivity contribution in [3.63, 3.8) is 0 Å². The molecule has 1 aliphatic heterocycles. The normalized spacial score (nSPS) is 13.5. The first-order chi connectivity index (χ1) is 10.6. The zero-order valence-electron chi connectivity index (χ0n) is 12.0. The maximum absolute atomic E-state index is 12.2. The van der Waals surface area contributed by atoms with Gasteiger partial charge in [0.05, 0.1) is 24.4 Å². The molecule has 4 nitrogen and oxygen atoms in total. The average molecular weight is 316 g/mol. The maximum atomic E-state index is 12.2. The molecule has 0 aromatic heterocycles. The molecular formula is C17H14ClNO3. The van der Waals surface area contributed by atoms with Crippen LogP contribution in [0.25, 0.3) is 0 Å². The average Bonchev–Trinajstić information content (AvgIpc) is 2.73. The third-order valence-electron chi connectivity index (χ3n) is 3.48. The lowest BCUT2D eigenvalue weighted by Gasteiger charge is -2.17. The van der Waals surface area contributed by atoms with Crippen molar-refractivity contribution in [3.05, 3.63) is 58.6 Å². The highest BCUT2D eigenvalue weighted by molar-refractivity contribution is 6.52. The molecule has 0 fully saturated rings. The van der Waals surface area contributed by atoms with Crippen LogP contribution in [0.1, 0.15) is 22.8 Å². The Labute approximate surface area is 133 Å². The summed E-state index contributed by atoms with van der Waals surface area (Å²) in [5, 5.41) is 0.599. The second-order valence-corrected chi connectivity index (χ2v) is 5.40. The minimum Gasteiger partial charge on any atom is -0.494 e. The van der Waals surface area contributed by atoms with Gasteiger partial charge in [0, 0.05) is 5.02 Å². The van der Waals surface area contributed by atoms with Crippen LogP contribution in [-0.2, 0) is 11.3 Å². The van der Waals surface area contributed by atoms with Crippen molar-refractivity contribution in [3.8, 4) is 5.75 Å². The first-order valence-corrected chi connectivity index (χ1v) is 7.35. The van der Waals surface area contributed by atoms with Gasteiger partial charge in [-0.05, 0) is 42.8 Å². The van der Waals surface area contributed by atoms with Crippen LogP contribution in [0.5, 0.6) is 5.75 Å². The first-order valence-electron chi connectivity index (χ1n) is 6.97. The zero-order chi connectivity index (χ0) is 15.7. The van der Waals surface area contributed by atoms with Crippen LogP contribution in [0.3, 0.4) is 0 Å². The number of hydrogen-bond acceptors (Lipinski definition) is 3. The predicted molar refractivity (Wildman–Crippen MR) is 84.6 cm³/mol. The molecule has 0 unspecified atom stereocenters. The largest absolute Gasteiger partial charge is 0.494 e. The predicted octanol–water partition coefficient (Wildman–Crippen LogP) is 3.47. The van der Waals surface area contributed by atoms with Gasteiger partial charge in [0.2, 0.25) is 0 Å². The number of nitrogens with zero attached hydrogens (tertiary/aromatic N) is 1. The van der Waals surface area contributed by atoms with E-state index < -0.39 is 11.7 Å². The fourth-order valence-corrected chi connectivity index (χ4v) is 2.72. The molecule has 3 rings (SSSR count). The van der Waals surface area contributed by atoms with Crippen LogP contribution in [0, 0.1) is 0 Å². The molecule has 112 valence electrons. The Balaban J connectivity index is 1.94. The Morgan fingerprint density at radius 2 is 1.95 bits per heavy atom. The quantitative estimate of drug-likeness (QED) is 0.812. The summed E-state index contributed by atoms with van der Waals surface area (Å²) in [6, 6.07) is 12.4. The van der Waals surface area contributed by atoms with E-state index in [1.165, 1.54) is 4.90 Å². The number of fused-ring (bicyclic) bond motifs is 1. The highest BCUT2D eigenvalue weighted by Gasteiger charge is 2.36. The van der Waals surface area contributed by atoms with Gasteiger partial charge in [-0.2, -0.15) is 0 Å². The fourth-order valence-electron chi connectivity index (χ4n) is 2.51. The monoisotopic (exact) mass is 315 g/mol. The summed E-state index contributed by atoms with van der Waals surface area (Å²) in [5.74, 6) is -0.436. The van der Waals surface area contributed by atoms with E-state index in [1.807, 2.05) is 19.1 Å². The summed E-state index contributed by atoms with van der Waals surface area (Å²) in [6.07, 6.45) is 0. The first kappa shape index (κ1) is 14.6. The highest BCUT2D eigenvalue weighted by Crippen LogP contribution is 2.33. The Kier molecular flexibility index (Phi) is 3.86. The fraction of sp³-hybridized carbons (Fsp3) is 0.176. The number of Topliss-reactive ketones (excluding diaryl/α,β-unsaturated/α-hetero) is 1. The molecule has 0 N–H and O–H groups in total. The van der Waals surface area contributed by atoms with Gasteiger partial charge < -0.3 is 9.64 Å². The van der Waals surface area contributed by atoms with E-state index in [4.69, 9.17) is 16.3 Å². The lowest BCUT2D eigenvalue weighted by Crippen LogP contribution is -2.29. The number of hydrogen-bond donors (Lipinski definition) is 0. The van der Waals surface area contributed by atoms with Gasteiger partial charge in [0.25, 0.3) is 11.7 Å². The molecule has 1 heterocycles. The van der Waals surface area contributed by atoms with Crippen molar-refractivity contribution in [2.24, 2.45) is 0 Å². The molecule has 0 saturated carbocycles. The van der Waals surface area contributed by atoms with E-state index in [0.29, 0.717) is 35.2 Å². The Morgan fingerprint density at radius 3 is 2.68 bits per heavy atom. The molecule has 5 heteroatoms. The van der Waals surface area contributed by atoms with Gasteiger partial charge in [-0.15, -0.1) is 0 Å². The Hall–Kier alpha value is -2.33. The SMILES string of the molecule is CCOc1ccc2c(c1)C(=O)C(=O)N2Cc1cccc(Cl)c1. The van der Waals surface area contributed by atoms with Crippen molar-refractivity contribution in [1.82, 2.24) is 0 Å². The second kappa shape index (κ2) is 5.81. The minimum atomic E-state index is -0.524. The van der Waals surface area contributed by atoms with E-state index >= 15 is 0 Å². The number of ether oxygens (including phenoxy) is 1. The summed E-state index contributed by atoms with van der Waals surface area (Å²) in [7, 11) is 0. The molecule has 22 heavy (non-hydrogen) atoms. The van der Waals surface area contributed by atoms with Crippen LogP contribution in [0.2, 0.25) is 5.02 Å². The minimum absolute atomic E-state index is 0.312. The maximum Gasteiger partial charge on any atom is 0.299 e. The van der Waals surface area contributed by atoms with Gasteiger partial charge in [0.1, 0.15) is 5.75 Å². The number of carbonyl (C=O) groups is 2. The molecule has 0 bridgehead atoms. The van der Waals surface area contributed by atoms with Crippen LogP contribution in [0.4, 0.5) is 5.69 Å². The lowest BCUT2D eigenvalue weighted by molar-refractivity contribution is -0.114. The summed E-state index contributed by atoms with van der Waals surface area (Å²) >= 11 is 5.96. The summed E-state index contributed by atoms with van der Waals surface area (Å²) < 4.78 is 5.38. The molecule has 0 spiro atoms. The molecule has 1 amide bonds. The molecule has 0 saturated heterocycles. The second-order valence-electron chi connectivity index (χ2n) is 4.96. The molecule has 0 aliphatic carbocycles.